The van der Waals surface area contributed by atoms with Crippen LogP contribution in [0.3, 0.4) is 0 Å². The molecule has 1 aromatic heterocycles. The van der Waals surface area contributed by atoms with Crippen LogP contribution in [-0.4, -0.2) is 34.3 Å². The summed E-state index contributed by atoms with van der Waals surface area (Å²) in [7, 11) is 0. The third-order valence-electron chi connectivity index (χ3n) is 5.61. The maximum absolute atomic E-state index is 9.80. The van der Waals surface area contributed by atoms with Crippen molar-refractivity contribution in [3.8, 4) is 22.9 Å². The molecule has 3 N–H and O–H groups in total. The van der Waals surface area contributed by atoms with Crippen molar-refractivity contribution in [3.05, 3.63) is 58.7 Å². The number of ether oxygens (including phenoxy) is 1. The van der Waals surface area contributed by atoms with Gasteiger partial charge in [0.05, 0.1) is 18.0 Å². The molecule has 0 radical (unpaired) electrons. The summed E-state index contributed by atoms with van der Waals surface area (Å²) in [5, 5.41) is 17.0. The van der Waals surface area contributed by atoms with E-state index in [0.717, 1.165) is 37.4 Å². The average molecular weight is 453 g/mol. The van der Waals surface area contributed by atoms with Crippen LogP contribution in [0.25, 0.3) is 11.4 Å². The summed E-state index contributed by atoms with van der Waals surface area (Å²) < 4.78 is 6.18. The standard InChI is InChI=1S/C25H29ClN4O2/c1-15(2)32-23-13-20(17-7-9-27-10-8-17)16(3)11-22(23)29-25-21(26)14-28-24(30-25)18-5-4-6-19(31)12-18/h4-6,11-15,17,27,31H,7-10H2,1-3H3,(H,28,29,30). The van der Waals surface area contributed by atoms with Crippen LogP contribution in [0, 0.1) is 6.92 Å². The second-order valence-electron chi connectivity index (χ2n) is 8.46. The van der Waals surface area contributed by atoms with Crippen molar-refractivity contribution in [1.29, 1.82) is 0 Å². The zero-order valence-electron chi connectivity index (χ0n) is 18.7. The number of aromatic nitrogens is 2. The molecule has 0 unspecified atom stereocenters. The van der Waals surface area contributed by atoms with Gasteiger partial charge in [0, 0.05) is 5.56 Å². The van der Waals surface area contributed by atoms with Gasteiger partial charge in [-0.15, -0.1) is 0 Å². The molecule has 1 aliphatic heterocycles. The zero-order valence-corrected chi connectivity index (χ0v) is 19.4. The predicted molar refractivity (Wildman–Crippen MR) is 129 cm³/mol. The molecule has 0 bridgehead atoms. The molecule has 0 amide bonds. The van der Waals surface area contributed by atoms with Crippen molar-refractivity contribution >= 4 is 23.1 Å². The number of nitrogens with one attached hydrogen (secondary N) is 2. The number of phenols is 1. The van der Waals surface area contributed by atoms with Gasteiger partial charge in [-0.3, -0.25) is 0 Å². The van der Waals surface area contributed by atoms with Crippen molar-refractivity contribution in [2.24, 2.45) is 0 Å². The lowest BCUT2D eigenvalue weighted by molar-refractivity contribution is 0.243. The Kier molecular flexibility index (Phi) is 6.82. The number of hydrogen-bond donors (Lipinski definition) is 3. The van der Waals surface area contributed by atoms with E-state index in [4.69, 9.17) is 16.3 Å². The van der Waals surface area contributed by atoms with E-state index in [-0.39, 0.29) is 11.9 Å². The molecular formula is C25H29ClN4O2. The molecule has 1 fully saturated rings. The Morgan fingerprint density at radius 3 is 2.69 bits per heavy atom. The van der Waals surface area contributed by atoms with Crippen molar-refractivity contribution in [1.82, 2.24) is 15.3 Å². The summed E-state index contributed by atoms with van der Waals surface area (Å²) in [5.41, 5.74) is 4.08. The second-order valence-corrected chi connectivity index (χ2v) is 8.87. The third-order valence-corrected chi connectivity index (χ3v) is 5.89. The van der Waals surface area contributed by atoms with Crippen molar-refractivity contribution in [2.75, 3.05) is 18.4 Å². The van der Waals surface area contributed by atoms with E-state index < -0.39 is 0 Å². The lowest BCUT2D eigenvalue weighted by Crippen LogP contribution is -2.27. The van der Waals surface area contributed by atoms with E-state index in [1.165, 1.54) is 11.1 Å². The van der Waals surface area contributed by atoms with Crippen LogP contribution in [-0.2, 0) is 0 Å². The van der Waals surface area contributed by atoms with Gasteiger partial charge < -0.3 is 20.5 Å². The molecule has 3 aromatic rings. The number of aromatic hydroxyl groups is 1. The molecule has 0 atom stereocenters. The maximum Gasteiger partial charge on any atom is 0.161 e. The first-order valence-corrected chi connectivity index (χ1v) is 11.4. The minimum absolute atomic E-state index is 0.0304. The van der Waals surface area contributed by atoms with Crippen molar-refractivity contribution in [2.45, 2.75) is 45.6 Å². The monoisotopic (exact) mass is 452 g/mol. The van der Waals surface area contributed by atoms with E-state index in [9.17, 15) is 5.11 Å². The van der Waals surface area contributed by atoms with Crippen LogP contribution >= 0.6 is 11.6 Å². The van der Waals surface area contributed by atoms with Crippen LogP contribution in [0.4, 0.5) is 11.5 Å². The number of rotatable bonds is 6. The topological polar surface area (TPSA) is 79.3 Å². The molecule has 0 aliphatic carbocycles. The Labute approximate surface area is 194 Å². The molecule has 0 saturated carbocycles. The third kappa shape index (κ3) is 5.14. The number of nitrogens with zero attached hydrogens (tertiary/aromatic N) is 2. The van der Waals surface area contributed by atoms with E-state index in [1.54, 1.807) is 24.4 Å². The Balaban J connectivity index is 1.70. The normalized spacial score (nSPS) is 14.5. The average Bonchev–Trinajstić information content (AvgIpc) is 2.77. The van der Waals surface area contributed by atoms with E-state index in [0.29, 0.717) is 28.1 Å². The highest BCUT2D eigenvalue weighted by Crippen LogP contribution is 2.38. The lowest BCUT2D eigenvalue weighted by Gasteiger charge is -2.26. The van der Waals surface area contributed by atoms with Gasteiger partial charge in [0.25, 0.3) is 0 Å². The molecule has 6 nitrogen and oxygen atoms in total. The summed E-state index contributed by atoms with van der Waals surface area (Å²) in [6.45, 7) is 8.26. The number of anilines is 2. The highest BCUT2D eigenvalue weighted by molar-refractivity contribution is 6.33. The van der Waals surface area contributed by atoms with Crippen LogP contribution in [0.1, 0.15) is 43.7 Å². The highest BCUT2D eigenvalue weighted by atomic mass is 35.5. The van der Waals surface area contributed by atoms with E-state index in [1.807, 2.05) is 19.9 Å². The van der Waals surface area contributed by atoms with Gasteiger partial charge in [-0.1, -0.05) is 23.7 Å². The molecule has 1 saturated heterocycles. The first kappa shape index (κ1) is 22.4. The highest BCUT2D eigenvalue weighted by Gasteiger charge is 2.21. The van der Waals surface area contributed by atoms with Crippen LogP contribution in [0.5, 0.6) is 11.5 Å². The van der Waals surface area contributed by atoms with Gasteiger partial charge in [0.1, 0.15) is 16.5 Å². The molecule has 2 heterocycles. The number of phenolic OH excluding ortho intramolecular Hbond substituents is 1. The molecule has 2 aromatic carbocycles. The fourth-order valence-electron chi connectivity index (χ4n) is 4.09. The first-order valence-electron chi connectivity index (χ1n) is 11.0. The fraction of sp³-hybridized carbons (Fsp3) is 0.360. The van der Waals surface area contributed by atoms with Gasteiger partial charge in [0.2, 0.25) is 0 Å². The second kappa shape index (κ2) is 9.76. The first-order chi connectivity index (χ1) is 15.4. The lowest BCUT2D eigenvalue weighted by atomic mass is 9.87. The molecule has 4 rings (SSSR count). The quantitative estimate of drug-likeness (QED) is 0.438. The zero-order chi connectivity index (χ0) is 22.7. The Bertz CT molecular complexity index is 1100. The predicted octanol–water partition coefficient (Wildman–Crippen LogP) is 5.81. The van der Waals surface area contributed by atoms with Gasteiger partial charge in [0.15, 0.2) is 11.6 Å². The summed E-state index contributed by atoms with van der Waals surface area (Å²) in [5.74, 6) is 2.43. The SMILES string of the molecule is Cc1cc(Nc2nc(-c3cccc(O)c3)ncc2Cl)c(OC(C)C)cc1C1CCNCC1. The number of hydrogen-bond acceptors (Lipinski definition) is 6. The van der Waals surface area contributed by atoms with E-state index >= 15 is 0 Å². The fourth-order valence-corrected chi connectivity index (χ4v) is 4.23. The van der Waals surface area contributed by atoms with Gasteiger partial charge in [-0.2, -0.15) is 0 Å². The largest absolute Gasteiger partial charge is 0.508 e. The van der Waals surface area contributed by atoms with E-state index in [2.05, 4.69) is 39.7 Å². The molecule has 0 spiro atoms. The van der Waals surface area contributed by atoms with Gasteiger partial charge in [-0.25, -0.2) is 9.97 Å². The number of piperidine rings is 1. The Morgan fingerprint density at radius 2 is 1.97 bits per heavy atom. The number of aryl methyl sites for hydroxylation is 1. The number of halogens is 1. The molecule has 7 heteroatoms. The van der Waals surface area contributed by atoms with Crippen molar-refractivity contribution in [3.63, 3.8) is 0 Å². The van der Waals surface area contributed by atoms with Gasteiger partial charge in [-0.05, 0) is 88.0 Å². The van der Waals surface area contributed by atoms with Crippen LogP contribution in [0.15, 0.2) is 42.6 Å². The summed E-state index contributed by atoms with van der Waals surface area (Å²) in [4.78, 5) is 8.94. The van der Waals surface area contributed by atoms with Crippen LogP contribution < -0.4 is 15.4 Å². The molecule has 1 aliphatic rings. The Hall–Kier alpha value is -2.83. The van der Waals surface area contributed by atoms with Crippen LogP contribution in [0.2, 0.25) is 5.02 Å². The smallest absolute Gasteiger partial charge is 0.161 e. The maximum atomic E-state index is 9.80. The summed E-state index contributed by atoms with van der Waals surface area (Å²) in [6, 6.07) is 11.1. The minimum Gasteiger partial charge on any atom is -0.508 e. The van der Waals surface area contributed by atoms with Crippen molar-refractivity contribution < 1.29 is 9.84 Å². The summed E-state index contributed by atoms with van der Waals surface area (Å²) in [6.07, 6.45) is 3.84. The molecule has 32 heavy (non-hydrogen) atoms. The molecule has 168 valence electrons. The van der Waals surface area contributed by atoms with Gasteiger partial charge >= 0.3 is 0 Å². The Morgan fingerprint density at radius 1 is 1.19 bits per heavy atom. The minimum atomic E-state index is 0.0304. The summed E-state index contributed by atoms with van der Waals surface area (Å²) >= 11 is 6.43. The molecular weight excluding hydrogens is 424 g/mol. The number of benzene rings is 2.